The summed E-state index contributed by atoms with van der Waals surface area (Å²) in [5, 5.41) is 0. The van der Waals surface area contributed by atoms with Crippen LogP contribution in [0.4, 0.5) is 0 Å². The summed E-state index contributed by atoms with van der Waals surface area (Å²) >= 11 is 0. The summed E-state index contributed by atoms with van der Waals surface area (Å²) in [5.41, 5.74) is 4.79. The highest BCUT2D eigenvalue weighted by Gasteiger charge is 2.51. The molecule has 26 heavy (non-hydrogen) atoms. The molecule has 0 aromatic heterocycles. The Bertz CT molecular complexity index is 816. The minimum atomic E-state index is 0.348. The minimum Gasteiger partial charge on any atom is -0.497 e. The lowest BCUT2D eigenvalue weighted by molar-refractivity contribution is -0.00524. The molecular formula is C24H26O2. The van der Waals surface area contributed by atoms with Crippen molar-refractivity contribution in [2.45, 2.75) is 43.9 Å². The standard InChI is InChI=1S/C24H26O2/c1-26-23-10-21(20-4-2-3-16(8-20)15-25)9-22(11-23)24-12-17-5-18(13-24)7-19(6-17)14-24/h2-4,8-11,15,17-19H,5-7,12-14H2,1H3. The van der Waals surface area contributed by atoms with Gasteiger partial charge in [0, 0.05) is 5.56 Å². The highest BCUT2D eigenvalue weighted by atomic mass is 16.5. The van der Waals surface area contributed by atoms with E-state index < -0.39 is 0 Å². The van der Waals surface area contributed by atoms with Crippen LogP contribution < -0.4 is 4.74 Å². The van der Waals surface area contributed by atoms with Gasteiger partial charge >= 0.3 is 0 Å². The van der Waals surface area contributed by atoms with E-state index in [1.165, 1.54) is 49.7 Å². The van der Waals surface area contributed by atoms with Gasteiger partial charge in [0.15, 0.2) is 0 Å². The third kappa shape index (κ3) is 2.58. The number of methoxy groups -OCH3 is 1. The average Bonchev–Trinajstić information content (AvgIpc) is 2.66. The highest BCUT2D eigenvalue weighted by Crippen LogP contribution is 2.61. The third-order valence-corrected chi connectivity index (χ3v) is 7.15. The predicted octanol–water partition coefficient (Wildman–Crippen LogP) is 5.64. The van der Waals surface area contributed by atoms with Gasteiger partial charge in [0.2, 0.25) is 0 Å². The smallest absolute Gasteiger partial charge is 0.150 e. The first-order valence-electron chi connectivity index (χ1n) is 9.93. The summed E-state index contributed by atoms with van der Waals surface area (Å²) in [4.78, 5) is 11.2. The lowest BCUT2D eigenvalue weighted by atomic mass is 9.48. The molecule has 0 saturated heterocycles. The van der Waals surface area contributed by atoms with E-state index in [4.69, 9.17) is 4.74 Å². The number of rotatable bonds is 4. The van der Waals surface area contributed by atoms with Crippen molar-refractivity contribution >= 4 is 6.29 Å². The number of carbonyl (C=O) groups excluding carboxylic acids is 1. The van der Waals surface area contributed by atoms with Crippen LogP contribution in [-0.4, -0.2) is 13.4 Å². The molecule has 0 spiro atoms. The zero-order chi connectivity index (χ0) is 17.7. The second kappa shape index (κ2) is 5.97. The fourth-order valence-corrected chi connectivity index (χ4v) is 6.45. The van der Waals surface area contributed by atoms with Crippen molar-refractivity contribution in [2.75, 3.05) is 7.11 Å². The quantitative estimate of drug-likeness (QED) is 0.669. The normalized spacial score (nSPS) is 31.8. The van der Waals surface area contributed by atoms with Gasteiger partial charge in [-0.25, -0.2) is 0 Å². The molecular weight excluding hydrogens is 320 g/mol. The van der Waals surface area contributed by atoms with Gasteiger partial charge in [-0.3, -0.25) is 4.79 Å². The van der Waals surface area contributed by atoms with Crippen LogP contribution in [0.2, 0.25) is 0 Å². The first kappa shape index (κ1) is 16.1. The van der Waals surface area contributed by atoms with Crippen molar-refractivity contribution in [2.24, 2.45) is 17.8 Å². The topological polar surface area (TPSA) is 26.3 Å². The summed E-state index contributed by atoms with van der Waals surface area (Å²) in [5.74, 6) is 3.71. The Labute approximate surface area is 155 Å². The number of benzene rings is 2. The molecule has 0 atom stereocenters. The van der Waals surface area contributed by atoms with Gasteiger partial charge in [0.05, 0.1) is 7.11 Å². The van der Waals surface area contributed by atoms with Crippen molar-refractivity contribution < 1.29 is 9.53 Å². The molecule has 0 amide bonds. The van der Waals surface area contributed by atoms with Crippen LogP contribution in [0.15, 0.2) is 42.5 Å². The van der Waals surface area contributed by atoms with Crippen LogP contribution in [0.3, 0.4) is 0 Å². The first-order chi connectivity index (χ1) is 12.7. The molecule has 2 aromatic carbocycles. The van der Waals surface area contributed by atoms with E-state index in [1.807, 2.05) is 18.2 Å². The SMILES string of the molecule is COc1cc(-c2cccc(C=O)c2)cc(C23CC4CC(CC(C4)C2)C3)c1. The van der Waals surface area contributed by atoms with Gasteiger partial charge in [-0.15, -0.1) is 0 Å². The molecule has 0 N–H and O–H groups in total. The Hall–Kier alpha value is -2.09. The van der Waals surface area contributed by atoms with Crippen LogP contribution in [0.25, 0.3) is 11.1 Å². The summed E-state index contributed by atoms with van der Waals surface area (Å²) < 4.78 is 5.67. The Morgan fingerprint density at radius 2 is 1.62 bits per heavy atom. The van der Waals surface area contributed by atoms with Crippen LogP contribution in [0.1, 0.15) is 54.4 Å². The number of hydrogen-bond donors (Lipinski definition) is 0. The second-order valence-corrected chi connectivity index (χ2v) is 8.89. The molecule has 2 aromatic rings. The Kier molecular flexibility index (Phi) is 3.70. The predicted molar refractivity (Wildman–Crippen MR) is 104 cm³/mol. The van der Waals surface area contributed by atoms with Crippen molar-refractivity contribution in [3.8, 4) is 16.9 Å². The Morgan fingerprint density at radius 1 is 0.923 bits per heavy atom. The molecule has 0 radical (unpaired) electrons. The molecule has 2 heteroatoms. The molecule has 4 fully saturated rings. The molecule has 4 aliphatic rings. The zero-order valence-electron chi connectivity index (χ0n) is 15.4. The fraction of sp³-hybridized carbons (Fsp3) is 0.458. The fourth-order valence-electron chi connectivity index (χ4n) is 6.45. The molecule has 0 heterocycles. The summed E-state index contributed by atoms with van der Waals surface area (Å²) in [6.45, 7) is 0. The van der Waals surface area contributed by atoms with Crippen LogP contribution in [-0.2, 0) is 5.41 Å². The van der Waals surface area contributed by atoms with Crippen molar-refractivity contribution in [3.63, 3.8) is 0 Å². The summed E-state index contributed by atoms with van der Waals surface area (Å²) in [6, 6.07) is 14.6. The lowest BCUT2D eigenvalue weighted by Crippen LogP contribution is -2.48. The molecule has 2 nitrogen and oxygen atoms in total. The molecule has 4 bridgehead atoms. The third-order valence-electron chi connectivity index (χ3n) is 7.15. The van der Waals surface area contributed by atoms with E-state index in [0.29, 0.717) is 5.41 Å². The van der Waals surface area contributed by atoms with Crippen LogP contribution in [0, 0.1) is 17.8 Å². The van der Waals surface area contributed by atoms with Gasteiger partial charge in [0.1, 0.15) is 12.0 Å². The first-order valence-corrected chi connectivity index (χ1v) is 9.93. The van der Waals surface area contributed by atoms with Crippen molar-refractivity contribution in [1.82, 2.24) is 0 Å². The van der Waals surface area contributed by atoms with E-state index in [-0.39, 0.29) is 0 Å². The molecule has 4 aliphatic carbocycles. The van der Waals surface area contributed by atoms with E-state index >= 15 is 0 Å². The maximum Gasteiger partial charge on any atom is 0.150 e. The Balaban J connectivity index is 1.60. The number of hydrogen-bond acceptors (Lipinski definition) is 2. The number of ether oxygens (including phenoxy) is 1. The number of aldehydes is 1. The highest BCUT2D eigenvalue weighted by molar-refractivity contribution is 5.79. The van der Waals surface area contributed by atoms with Crippen LogP contribution in [0.5, 0.6) is 5.75 Å². The molecule has 0 unspecified atom stereocenters. The maximum absolute atomic E-state index is 11.2. The van der Waals surface area contributed by atoms with E-state index in [0.717, 1.165) is 40.9 Å². The summed E-state index contributed by atoms with van der Waals surface area (Å²) in [7, 11) is 1.75. The molecule has 0 aliphatic heterocycles. The number of carbonyl (C=O) groups is 1. The largest absolute Gasteiger partial charge is 0.497 e. The maximum atomic E-state index is 11.2. The second-order valence-electron chi connectivity index (χ2n) is 8.89. The van der Waals surface area contributed by atoms with Crippen LogP contribution >= 0.6 is 0 Å². The van der Waals surface area contributed by atoms with Gasteiger partial charge in [-0.05, 0) is 96.6 Å². The molecule has 134 valence electrons. The summed E-state index contributed by atoms with van der Waals surface area (Å²) in [6.07, 6.45) is 9.33. The van der Waals surface area contributed by atoms with Gasteiger partial charge in [-0.1, -0.05) is 24.3 Å². The zero-order valence-corrected chi connectivity index (χ0v) is 15.4. The van der Waals surface area contributed by atoms with Gasteiger partial charge in [-0.2, -0.15) is 0 Å². The molecule has 4 saturated carbocycles. The van der Waals surface area contributed by atoms with E-state index in [2.05, 4.69) is 24.3 Å². The monoisotopic (exact) mass is 346 g/mol. The van der Waals surface area contributed by atoms with E-state index in [1.54, 1.807) is 7.11 Å². The van der Waals surface area contributed by atoms with Gasteiger partial charge < -0.3 is 4.74 Å². The Morgan fingerprint density at radius 3 is 2.23 bits per heavy atom. The van der Waals surface area contributed by atoms with E-state index in [9.17, 15) is 4.79 Å². The molecule has 6 rings (SSSR count). The van der Waals surface area contributed by atoms with Crippen molar-refractivity contribution in [1.29, 1.82) is 0 Å². The average molecular weight is 346 g/mol. The van der Waals surface area contributed by atoms with Crippen molar-refractivity contribution in [3.05, 3.63) is 53.6 Å². The minimum absolute atomic E-state index is 0.348. The lowest BCUT2D eigenvalue weighted by Gasteiger charge is -2.57. The van der Waals surface area contributed by atoms with Gasteiger partial charge in [0.25, 0.3) is 0 Å².